The lowest BCUT2D eigenvalue weighted by Crippen LogP contribution is -2.30. The van der Waals surface area contributed by atoms with Crippen LogP contribution in [-0.2, 0) is 9.63 Å². The van der Waals surface area contributed by atoms with E-state index < -0.39 is 0 Å². The summed E-state index contributed by atoms with van der Waals surface area (Å²) < 4.78 is 0. The Balaban J connectivity index is 4.02. The summed E-state index contributed by atoms with van der Waals surface area (Å²) in [5, 5.41) is 1.95. The van der Waals surface area contributed by atoms with Gasteiger partial charge in [-0.3, -0.25) is 4.79 Å². The number of unbranched alkanes of at least 4 members (excludes halogenated alkanes) is 11. The predicted octanol–water partition coefficient (Wildman–Crippen LogP) is 6.20. The zero-order valence-corrected chi connectivity index (χ0v) is 18.9. The highest BCUT2D eigenvalue weighted by Crippen LogP contribution is 2.10. The van der Waals surface area contributed by atoms with E-state index in [-0.39, 0.29) is 5.97 Å². The molecule has 0 aromatic heterocycles. The van der Waals surface area contributed by atoms with Gasteiger partial charge in [-0.15, -0.1) is 5.06 Å². The average molecular weight is 385 g/mol. The van der Waals surface area contributed by atoms with Crippen LogP contribution in [0.4, 0.5) is 0 Å². The second kappa shape index (κ2) is 20.1. The fourth-order valence-electron chi connectivity index (χ4n) is 3.25. The molecule has 0 rings (SSSR count). The standard InChI is InChI=1S/C23H48N2O2/c1-5-7-9-11-13-15-17-22-25(21-16-14-12-10-8-6-2)27-23(26)19-18-20-24(3)4/h5-22H2,1-4H3. The van der Waals surface area contributed by atoms with Crippen molar-refractivity contribution in [3.05, 3.63) is 0 Å². The molecule has 0 aliphatic heterocycles. The Labute approximate surface area is 170 Å². The van der Waals surface area contributed by atoms with Crippen molar-refractivity contribution in [1.82, 2.24) is 9.96 Å². The fraction of sp³-hybridized carbons (Fsp3) is 0.957. The highest BCUT2D eigenvalue weighted by atomic mass is 16.7. The van der Waals surface area contributed by atoms with Crippen molar-refractivity contribution >= 4 is 5.97 Å². The highest BCUT2D eigenvalue weighted by molar-refractivity contribution is 5.68. The van der Waals surface area contributed by atoms with Crippen LogP contribution in [0, 0.1) is 0 Å². The monoisotopic (exact) mass is 384 g/mol. The van der Waals surface area contributed by atoms with E-state index >= 15 is 0 Å². The maximum absolute atomic E-state index is 12.1. The van der Waals surface area contributed by atoms with Crippen LogP contribution in [0.2, 0.25) is 0 Å². The van der Waals surface area contributed by atoms with E-state index in [1.165, 1.54) is 70.6 Å². The molecule has 0 saturated carbocycles. The molecule has 162 valence electrons. The summed E-state index contributed by atoms with van der Waals surface area (Å²) in [7, 11) is 4.08. The SMILES string of the molecule is CCCCCCCCCN(CCCCCCCC)OC(=O)CCCN(C)C. The van der Waals surface area contributed by atoms with Gasteiger partial charge in [0.25, 0.3) is 0 Å². The molecular formula is C23H48N2O2. The molecule has 0 heterocycles. The third kappa shape index (κ3) is 19.9. The van der Waals surface area contributed by atoms with Gasteiger partial charge >= 0.3 is 5.97 Å². The molecule has 0 spiro atoms. The Hall–Kier alpha value is -0.610. The summed E-state index contributed by atoms with van der Waals surface area (Å²) in [6, 6.07) is 0. The van der Waals surface area contributed by atoms with Crippen molar-refractivity contribution in [2.75, 3.05) is 33.7 Å². The van der Waals surface area contributed by atoms with Crippen LogP contribution in [0.15, 0.2) is 0 Å². The van der Waals surface area contributed by atoms with Crippen molar-refractivity contribution in [3.63, 3.8) is 0 Å². The van der Waals surface area contributed by atoms with Crippen molar-refractivity contribution in [3.8, 4) is 0 Å². The van der Waals surface area contributed by atoms with Crippen LogP contribution in [-0.4, -0.2) is 49.7 Å². The van der Waals surface area contributed by atoms with Gasteiger partial charge in [0, 0.05) is 19.5 Å². The van der Waals surface area contributed by atoms with Crippen LogP contribution >= 0.6 is 0 Å². The summed E-state index contributed by atoms with van der Waals surface area (Å²) in [6.45, 7) is 7.22. The second-order valence-corrected chi connectivity index (χ2v) is 8.19. The summed E-state index contributed by atoms with van der Waals surface area (Å²) in [5.41, 5.74) is 0. The topological polar surface area (TPSA) is 32.8 Å². The Morgan fingerprint density at radius 1 is 0.630 bits per heavy atom. The van der Waals surface area contributed by atoms with Crippen LogP contribution in [0.5, 0.6) is 0 Å². The third-order valence-electron chi connectivity index (χ3n) is 4.99. The predicted molar refractivity (Wildman–Crippen MR) is 117 cm³/mol. The van der Waals surface area contributed by atoms with Gasteiger partial charge < -0.3 is 9.74 Å². The molecule has 0 aliphatic carbocycles. The van der Waals surface area contributed by atoms with Gasteiger partial charge in [-0.25, -0.2) is 0 Å². The number of carbonyl (C=O) groups is 1. The van der Waals surface area contributed by atoms with Gasteiger partial charge in [-0.2, -0.15) is 0 Å². The van der Waals surface area contributed by atoms with E-state index in [0.29, 0.717) is 6.42 Å². The van der Waals surface area contributed by atoms with Gasteiger partial charge in [0.15, 0.2) is 0 Å². The molecule has 0 radical (unpaired) electrons. The van der Waals surface area contributed by atoms with Crippen molar-refractivity contribution in [2.45, 2.75) is 110 Å². The number of carbonyl (C=O) groups excluding carboxylic acids is 1. The Kier molecular flexibility index (Phi) is 19.7. The molecule has 0 saturated heterocycles. The summed E-state index contributed by atoms with van der Waals surface area (Å²) in [5.74, 6) is -0.0641. The smallest absolute Gasteiger partial charge is 0.325 e. The average Bonchev–Trinajstić information content (AvgIpc) is 2.63. The van der Waals surface area contributed by atoms with Gasteiger partial charge in [0.2, 0.25) is 0 Å². The minimum Gasteiger partial charge on any atom is -0.368 e. The molecular weight excluding hydrogens is 336 g/mol. The maximum atomic E-state index is 12.1. The number of rotatable bonds is 20. The van der Waals surface area contributed by atoms with E-state index in [2.05, 4.69) is 18.7 Å². The molecule has 27 heavy (non-hydrogen) atoms. The summed E-state index contributed by atoms with van der Waals surface area (Å²) >= 11 is 0. The summed E-state index contributed by atoms with van der Waals surface area (Å²) in [6.07, 6.45) is 18.1. The van der Waals surface area contributed by atoms with Crippen molar-refractivity contribution in [1.29, 1.82) is 0 Å². The van der Waals surface area contributed by atoms with Gasteiger partial charge in [-0.1, -0.05) is 84.5 Å². The van der Waals surface area contributed by atoms with Crippen LogP contribution in [0.25, 0.3) is 0 Å². The zero-order valence-electron chi connectivity index (χ0n) is 18.9. The molecule has 0 aliphatic rings. The normalized spacial score (nSPS) is 11.5. The first kappa shape index (κ1) is 26.4. The van der Waals surface area contributed by atoms with E-state index in [1.54, 1.807) is 0 Å². The minimum absolute atomic E-state index is 0.0641. The number of nitrogens with zero attached hydrogens (tertiary/aromatic N) is 2. The molecule has 0 unspecified atom stereocenters. The first-order chi connectivity index (χ1) is 13.1. The van der Waals surface area contributed by atoms with E-state index in [1.807, 2.05) is 19.2 Å². The third-order valence-corrected chi connectivity index (χ3v) is 4.99. The van der Waals surface area contributed by atoms with Crippen LogP contribution < -0.4 is 0 Å². The lowest BCUT2D eigenvalue weighted by atomic mass is 10.1. The molecule has 0 fully saturated rings. The molecule has 0 atom stereocenters. The van der Waals surface area contributed by atoms with E-state index in [9.17, 15) is 4.79 Å². The second-order valence-electron chi connectivity index (χ2n) is 8.19. The van der Waals surface area contributed by atoms with Crippen LogP contribution in [0.1, 0.15) is 110 Å². The Bertz CT molecular complexity index is 322. The molecule has 4 nitrogen and oxygen atoms in total. The highest BCUT2D eigenvalue weighted by Gasteiger charge is 2.11. The lowest BCUT2D eigenvalue weighted by Gasteiger charge is -2.21. The molecule has 4 heteroatoms. The number of hydrogen-bond donors (Lipinski definition) is 0. The summed E-state index contributed by atoms with van der Waals surface area (Å²) in [4.78, 5) is 19.9. The first-order valence-electron chi connectivity index (χ1n) is 11.7. The van der Waals surface area contributed by atoms with E-state index in [0.717, 1.165) is 38.9 Å². The fourth-order valence-corrected chi connectivity index (χ4v) is 3.25. The zero-order chi connectivity index (χ0) is 20.2. The number of hydroxylamine groups is 2. The number of hydrogen-bond acceptors (Lipinski definition) is 4. The van der Waals surface area contributed by atoms with Gasteiger partial charge in [-0.05, 0) is 39.9 Å². The molecule has 0 bridgehead atoms. The largest absolute Gasteiger partial charge is 0.368 e. The maximum Gasteiger partial charge on any atom is 0.325 e. The van der Waals surface area contributed by atoms with Gasteiger partial charge in [0.1, 0.15) is 0 Å². The molecule has 0 aromatic rings. The lowest BCUT2D eigenvalue weighted by molar-refractivity contribution is -0.191. The molecule has 0 aromatic carbocycles. The van der Waals surface area contributed by atoms with Crippen molar-refractivity contribution < 1.29 is 9.63 Å². The Morgan fingerprint density at radius 2 is 1.07 bits per heavy atom. The van der Waals surface area contributed by atoms with Crippen molar-refractivity contribution in [2.24, 2.45) is 0 Å². The van der Waals surface area contributed by atoms with Crippen LogP contribution in [0.3, 0.4) is 0 Å². The quantitative estimate of drug-likeness (QED) is 0.185. The first-order valence-corrected chi connectivity index (χ1v) is 11.7. The minimum atomic E-state index is -0.0641. The Morgan fingerprint density at radius 3 is 1.52 bits per heavy atom. The van der Waals surface area contributed by atoms with Gasteiger partial charge in [0.05, 0.1) is 0 Å². The molecule has 0 N–H and O–H groups in total. The molecule has 0 amide bonds. The van der Waals surface area contributed by atoms with E-state index in [4.69, 9.17) is 4.84 Å².